The first-order valence-electron chi connectivity index (χ1n) is 3.88. The molecule has 0 radical (unpaired) electrons. The van der Waals surface area contributed by atoms with Crippen LogP contribution in [-0.2, 0) is 0 Å². The van der Waals surface area contributed by atoms with E-state index in [1.54, 1.807) is 32.3 Å². The molecule has 4 heteroatoms. The fourth-order valence-electron chi connectivity index (χ4n) is 1.00. The highest BCUT2D eigenvalue weighted by Gasteiger charge is 2.05. The molecule has 0 aromatic heterocycles. The SMILES string of the molecule is CNC(=O)c1ccc(Cl)c(NC)c1. The zero-order chi connectivity index (χ0) is 9.84. The van der Waals surface area contributed by atoms with Crippen LogP contribution >= 0.6 is 11.6 Å². The number of halogens is 1. The van der Waals surface area contributed by atoms with E-state index in [1.807, 2.05) is 0 Å². The topological polar surface area (TPSA) is 41.1 Å². The van der Waals surface area contributed by atoms with Crippen molar-refractivity contribution < 1.29 is 4.79 Å². The first-order chi connectivity index (χ1) is 6.19. The summed E-state index contributed by atoms with van der Waals surface area (Å²) >= 11 is 5.85. The van der Waals surface area contributed by atoms with Gasteiger partial charge in [-0.15, -0.1) is 0 Å². The molecule has 0 saturated heterocycles. The molecule has 13 heavy (non-hydrogen) atoms. The molecular formula is C9H11ClN2O. The van der Waals surface area contributed by atoms with Crippen LogP contribution in [0.15, 0.2) is 18.2 Å². The van der Waals surface area contributed by atoms with Crippen molar-refractivity contribution in [3.05, 3.63) is 28.8 Å². The fraction of sp³-hybridized carbons (Fsp3) is 0.222. The Kier molecular flexibility index (Phi) is 3.14. The maximum atomic E-state index is 11.2. The van der Waals surface area contributed by atoms with Gasteiger partial charge in [0.2, 0.25) is 0 Å². The number of nitrogens with one attached hydrogen (secondary N) is 2. The van der Waals surface area contributed by atoms with Crippen LogP contribution in [0.4, 0.5) is 5.69 Å². The van der Waals surface area contributed by atoms with E-state index in [4.69, 9.17) is 11.6 Å². The van der Waals surface area contributed by atoms with Crippen LogP contribution in [-0.4, -0.2) is 20.0 Å². The first-order valence-corrected chi connectivity index (χ1v) is 4.26. The van der Waals surface area contributed by atoms with E-state index < -0.39 is 0 Å². The normalized spacial score (nSPS) is 9.46. The summed E-state index contributed by atoms with van der Waals surface area (Å²) in [5.41, 5.74) is 1.35. The molecule has 0 aliphatic rings. The summed E-state index contributed by atoms with van der Waals surface area (Å²) < 4.78 is 0. The summed E-state index contributed by atoms with van der Waals surface area (Å²) in [6.07, 6.45) is 0. The number of hydrogen-bond acceptors (Lipinski definition) is 2. The predicted octanol–water partition coefficient (Wildman–Crippen LogP) is 1.74. The van der Waals surface area contributed by atoms with Crippen molar-refractivity contribution in [3.63, 3.8) is 0 Å². The van der Waals surface area contributed by atoms with Crippen molar-refractivity contribution in [3.8, 4) is 0 Å². The molecule has 1 rings (SSSR count). The van der Waals surface area contributed by atoms with Gasteiger partial charge in [-0.1, -0.05) is 11.6 Å². The Balaban J connectivity index is 3.06. The third-order valence-electron chi connectivity index (χ3n) is 1.72. The van der Waals surface area contributed by atoms with Gasteiger partial charge in [0, 0.05) is 19.7 Å². The van der Waals surface area contributed by atoms with Crippen molar-refractivity contribution in [2.75, 3.05) is 19.4 Å². The van der Waals surface area contributed by atoms with Crippen molar-refractivity contribution in [1.82, 2.24) is 5.32 Å². The van der Waals surface area contributed by atoms with E-state index >= 15 is 0 Å². The third-order valence-corrected chi connectivity index (χ3v) is 2.05. The monoisotopic (exact) mass is 198 g/mol. The van der Waals surface area contributed by atoms with E-state index in [9.17, 15) is 4.79 Å². The Morgan fingerprint density at radius 2 is 2.08 bits per heavy atom. The number of rotatable bonds is 2. The molecule has 0 fully saturated rings. The molecule has 0 atom stereocenters. The summed E-state index contributed by atoms with van der Waals surface area (Å²) in [6, 6.07) is 5.08. The van der Waals surface area contributed by atoms with Crippen LogP contribution < -0.4 is 10.6 Å². The average Bonchev–Trinajstić information content (AvgIpc) is 2.17. The fourth-order valence-corrected chi connectivity index (χ4v) is 1.21. The van der Waals surface area contributed by atoms with Gasteiger partial charge < -0.3 is 10.6 Å². The maximum Gasteiger partial charge on any atom is 0.251 e. The summed E-state index contributed by atoms with van der Waals surface area (Å²) in [5.74, 6) is -0.117. The molecule has 0 unspecified atom stereocenters. The molecule has 0 aliphatic carbocycles. The molecule has 0 spiro atoms. The standard InChI is InChI=1S/C9H11ClN2O/c1-11-8-5-6(9(13)12-2)3-4-7(8)10/h3-5,11H,1-2H3,(H,12,13). The molecule has 0 saturated carbocycles. The number of amides is 1. The van der Waals surface area contributed by atoms with Crippen LogP contribution in [0, 0.1) is 0 Å². The highest BCUT2D eigenvalue weighted by Crippen LogP contribution is 2.22. The molecule has 0 aliphatic heterocycles. The predicted molar refractivity (Wildman–Crippen MR) is 54.4 cm³/mol. The van der Waals surface area contributed by atoms with Gasteiger partial charge in [0.25, 0.3) is 5.91 Å². The van der Waals surface area contributed by atoms with Gasteiger partial charge in [0.15, 0.2) is 0 Å². The molecule has 2 N–H and O–H groups in total. The van der Waals surface area contributed by atoms with Gasteiger partial charge >= 0.3 is 0 Å². The van der Waals surface area contributed by atoms with Crippen molar-refractivity contribution in [1.29, 1.82) is 0 Å². The molecular weight excluding hydrogens is 188 g/mol. The van der Waals surface area contributed by atoms with Crippen LogP contribution in [0.1, 0.15) is 10.4 Å². The zero-order valence-electron chi connectivity index (χ0n) is 7.52. The van der Waals surface area contributed by atoms with Crippen LogP contribution in [0.3, 0.4) is 0 Å². The average molecular weight is 199 g/mol. The van der Waals surface area contributed by atoms with Crippen molar-refractivity contribution in [2.24, 2.45) is 0 Å². The Morgan fingerprint density at radius 1 is 1.38 bits per heavy atom. The van der Waals surface area contributed by atoms with Crippen LogP contribution in [0.5, 0.6) is 0 Å². The number of anilines is 1. The molecule has 1 amide bonds. The summed E-state index contributed by atoms with van der Waals surface area (Å²) in [5, 5.41) is 6.05. The quantitative estimate of drug-likeness (QED) is 0.760. The van der Waals surface area contributed by atoms with Crippen molar-refractivity contribution >= 4 is 23.2 Å². The number of hydrogen-bond donors (Lipinski definition) is 2. The minimum atomic E-state index is -0.117. The molecule has 70 valence electrons. The second-order valence-corrected chi connectivity index (χ2v) is 2.93. The van der Waals surface area contributed by atoms with Gasteiger partial charge in [0.05, 0.1) is 10.7 Å². The van der Waals surface area contributed by atoms with Gasteiger partial charge in [-0.3, -0.25) is 4.79 Å². The Bertz CT molecular complexity index is 325. The smallest absolute Gasteiger partial charge is 0.251 e. The number of carbonyl (C=O) groups excluding carboxylic acids is 1. The maximum absolute atomic E-state index is 11.2. The van der Waals surface area contributed by atoms with Crippen LogP contribution in [0.25, 0.3) is 0 Å². The second-order valence-electron chi connectivity index (χ2n) is 2.52. The third kappa shape index (κ3) is 2.12. The van der Waals surface area contributed by atoms with E-state index in [2.05, 4.69) is 10.6 Å². The van der Waals surface area contributed by atoms with Gasteiger partial charge in [-0.2, -0.15) is 0 Å². The highest BCUT2D eigenvalue weighted by atomic mass is 35.5. The lowest BCUT2D eigenvalue weighted by Gasteiger charge is -2.05. The number of carbonyl (C=O) groups is 1. The Labute approximate surface area is 82.1 Å². The lowest BCUT2D eigenvalue weighted by atomic mass is 10.2. The largest absolute Gasteiger partial charge is 0.387 e. The Hall–Kier alpha value is -1.22. The lowest BCUT2D eigenvalue weighted by Crippen LogP contribution is -2.17. The lowest BCUT2D eigenvalue weighted by molar-refractivity contribution is 0.0963. The minimum absolute atomic E-state index is 0.117. The molecule has 0 heterocycles. The van der Waals surface area contributed by atoms with Crippen LogP contribution in [0.2, 0.25) is 5.02 Å². The number of benzene rings is 1. The molecule has 1 aromatic rings. The van der Waals surface area contributed by atoms with Gasteiger partial charge in [0.1, 0.15) is 0 Å². The van der Waals surface area contributed by atoms with Crippen molar-refractivity contribution in [2.45, 2.75) is 0 Å². The first kappa shape index (κ1) is 9.86. The highest BCUT2D eigenvalue weighted by molar-refractivity contribution is 6.33. The summed E-state index contributed by atoms with van der Waals surface area (Å²) in [7, 11) is 3.35. The van der Waals surface area contributed by atoms with E-state index in [1.165, 1.54) is 0 Å². The van der Waals surface area contributed by atoms with Gasteiger partial charge in [-0.25, -0.2) is 0 Å². The van der Waals surface area contributed by atoms with E-state index in [0.29, 0.717) is 10.6 Å². The summed E-state index contributed by atoms with van der Waals surface area (Å²) in [6.45, 7) is 0. The second kappa shape index (κ2) is 4.14. The minimum Gasteiger partial charge on any atom is -0.387 e. The molecule has 3 nitrogen and oxygen atoms in total. The molecule has 1 aromatic carbocycles. The summed E-state index contributed by atoms with van der Waals surface area (Å²) in [4.78, 5) is 11.2. The Morgan fingerprint density at radius 3 is 2.62 bits per heavy atom. The van der Waals surface area contributed by atoms with E-state index in [0.717, 1.165) is 5.69 Å². The zero-order valence-corrected chi connectivity index (χ0v) is 8.27. The van der Waals surface area contributed by atoms with E-state index in [-0.39, 0.29) is 5.91 Å². The molecule has 0 bridgehead atoms. The van der Waals surface area contributed by atoms with Gasteiger partial charge in [-0.05, 0) is 18.2 Å².